The molecule has 0 aliphatic heterocycles. The first-order valence-electron chi connectivity index (χ1n) is 7.02. The van der Waals surface area contributed by atoms with Gasteiger partial charge in [0.2, 0.25) is 5.91 Å². The van der Waals surface area contributed by atoms with Gasteiger partial charge in [-0.25, -0.2) is 0 Å². The van der Waals surface area contributed by atoms with E-state index < -0.39 is 6.10 Å². The zero-order valence-corrected chi connectivity index (χ0v) is 13.0. The van der Waals surface area contributed by atoms with Gasteiger partial charge in [-0.1, -0.05) is 0 Å². The number of nitrogens with one attached hydrogen (secondary N) is 1. The monoisotopic (exact) mass is 329 g/mol. The topological polar surface area (TPSA) is 75.6 Å². The summed E-state index contributed by atoms with van der Waals surface area (Å²) in [7, 11) is 0. The molecular weight excluding hydrogens is 314 g/mol. The molecule has 6 heteroatoms. The molecule has 0 radical (unpaired) electrons. The minimum absolute atomic E-state index is 0.206. The van der Waals surface area contributed by atoms with Crippen molar-refractivity contribution < 1.29 is 18.7 Å². The van der Waals surface area contributed by atoms with Gasteiger partial charge in [0.25, 0.3) is 0 Å². The number of aliphatic hydroxyl groups excluding tert-OH is 1. The van der Waals surface area contributed by atoms with Gasteiger partial charge >= 0.3 is 0 Å². The van der Waals surface area contributed by atoms with Gasteiger partial charge in [-0.2, -0.15) is 0 Å². The highest BCUT2D eigenvalue weighted by Crippen LogP contribution is 2.28. The van der Waals surface area contributed by atoms with Crippen LogP contribution < -0.4 is 5.32 Å². The third-order valence-corrected chi connectivity index (χ3v) is 4.28. The van der Waals surface area contributed by atoms with Gasteiger partial charge < -0.3 is 19.3 Å². The van der Waals surface area contributed by atoms with Crippen molar-refractivity contribution in [3.8, 4) is 0 Å². The van der Waals surface area contributed by atoms with Crippen LogP contribution in [0.2, 0.25) is 0 Å². The lowest BCUT2D eigenvalue weighted by atomic mass is 10.2. The largest absolute Gasteiger partial charge is 0.466 e. The van der Waals surface area contributed by atoms with Gasteiger partial charge in [-0.15, -0.1) is 11.3 Å². The van der Waals surface area contributed by atoms with Crippen molar-refractivity contribution >= 4 is 23.3 Å². The fraction of sp³-hybridized carbons (Fsp3) is 0.118. The van der Waals surface area contributed by atoms with E-state index in [0.717, 1.165) is 9.75 Å². The van der Waals surface area contributed by atoms with Gasteiger partial charge in [-0.3, -0.25) is 4.79 Å². The molecule has 0 bridgehead atoms. The lowest BCUT2D eigenvalue weighted by Crippen LogP contribution is -2.19. The zero-order valence-electron chi connectivity index (χ0n) is 12.1. The first kappa shape index (κ1) is 15.3. The van der Waals surface area contributed by atoms with Gasteiger partial charge in [0.05, 0.1) is 19.1 Å². The summed E-state index contributed by atoms with van der Waals surface area (Å²) < 4.78 is 10.3. The Labute approximate surface area is 136 Å². The second kappa shape index (κ2) is 7.13. The van der Waals surface area contributed by atoms with E-state index in [2.05, 4.69) is 5.32 Å². The molecule has 0 aliphatic rings. The highest BCUT2D eigenvalue weighted by atomic mass is 32.1. The van der Waals surface area contributed by atoms with E-state index in [-0.39, 0.29) is 5.91 Å². The predicted molar refractivity (Wildman–Crippen MR) is 86.7 cm³/mol. The fourth-order valence-electron chi connectivity index (χ4n) is 2.00. The molecule has 0 aliphatic carbocycles. The number of hydrogen-bond donors (Lipinski definition) is 2. The Morgan fingerprint density at radius 3 is 2.78 bits per heavy atom. The lowest BCUT2D eigenvalue weighted by Gasteiger charge is -2.04. The molecule has 1 amide bonds. The summed E-state index contributed by atoms with van der Waals surface area (Å²) in [5, 5.41) is 13.0. The number of thiophene rings is 1. The number of amides is 1. The Morgan fingerprint density at radius 2 is 2.04 bits per heavy atom. The number of furan rings is 2. The summed E-state index contributed by atoms with van der Waals surface area (Å²) in [5.41, 5.74) is 0. The van der Waals surface area contributed by atoms with Crippen molar-refractivity contribution in [2.24, 2.45) is 0 Å². The molecule has 3 aromatic rings. The standard InChI is InChI=1S/C17H15NO4S/c19-16(8-5-12-3-1-9-21-12)18-11-13-6-7-15(23-13)17(20)14-4-2-10-22-14/h1-10,17,20H,11H2,(H,18,19)/b8-5+. The Balaban J connectivity index is 1.54. The van der Waals surface area contributed by atoms with Crippen molar-refractivity contribution in [1.29, 1.82) is 0 Å². The summed E-state index contributed by atoms with van der Waals surface area (Å²) in [6.07, 6.45) is 5.33. The highest BCUT2D eigenvalue weighted by Gasteiger charge is 2.15. The van der Waals surface area contributed by atoms with E-state index in [1.807, 2.05) is 12.1 Å². The molecule has 3 rings (SSSR count). The molecule has 0 aromatic carbocycles. The Hall–Kier alpha value is -2.57. The molecular formula is C17H15NO4S. The second-order valence-electron chi connectivity index (χ2n) is 4.79. The van der Waals surface area contributed by atoms with Crippen LogP contribution in [0, 0.1) is 0 Å². The van der Waals surface area contributed by atoms with Crippen molar-refractivity contribution in [2.45, 2.75) is 12.6 Å². The molecule has 0 saturated carbocycles. The maximum absolute atomic E-state index is 11.7. The predicted octanol–water partition coefficient (Wildman–Crippen LogP) is 3.35. The Morgan fingerprint density at radius 1 is 1.22 bits per heavy atom. The summed E-state index contributed by atoms with van der Waals surface area (Å²) in [6, 6.07) is 10.7. The normalized spacial score (nSPS) is 12.6. The number of aliphatic hydroxyl groups is 1. The van der Waals surface area contributed by atoms with Crippen molar-refractivity contribution in [1.82, 2.24) is 5.32 Å². The van der Waals surface area contributed by atoms with E-state index >= 15 is 0 Å². The number of hydrogen-bond acceptors (Lipinski definition) is 5. The number of rotatable bonds is 6. The summed E-state index contributed by atoms with van der Waals surface area (Å²) in [5.74, 6) is 0.923. The van der Waals surface area contributed by atoms with Gasteiger partial charge in [0.15, 0.2) is 0 Å². The summed E-state index contributed by atoms with van der Waals surface area (Å²) >= 11 is 1.43. The lowest BCUT2D eigenvalue weighted by molar-refractivity contribution is -0.116. The second-order valence-corrected chi connectivity index (χ2v) is 5.99. The summed E-state index contributed by atoms with van der Waals surface area (Å²) in [4.78, 5) is 13.5. The first-order chi connectivity index (χ1) is 11.2. The Bertz CT molecular complexity index is 772. The maximum Gasteiger partial charge on any atom is 0.244 e. The molecule has 1 unspecified atom stereocenters. The van der Waals surface area contributed by atoms with Gasteiger partial charge in [0, 0.05) is 15.8 Å². The zero-order chi connectivity index (χ0) is 16.1. The SMILES string of the molecule is O=C(/C=C/c1ccco1)NCc1ccc(C(O)c2ccco2)s1. The number of carbonyl (C=O) groups excluding carboxylic acids is 1. The van der Waals surface area contributed by atoms with Gasteiger partial charge in [0.1, 0.15) is 17.6 Å². The van der Waals surface area contributed by atoms with Gasteiger partial charge in [-0.05, 0) is 42.5 Å². The van der Waals surface area contributed by atoms with E-state index in [0.29, 0.717) is 18.1 Å². The van der Waals surface area contributed by atoms with Crippen LogP contribution in [-0.2, 0) is 11.3 Å². The van der Waals surface area contributed by atoms with E-state index in [9.17, 15) is 9.90 Å². The van der Waals surface area contributed by atoms with Crippen LogP contribution in [0.1, 0.15) is 27.4 Å². The highest BCUT2D eigenvalue weighted by molar-refractivity contribution is 7.12. The van der Waals surface area contributed by atoms with Crippen LogP contribution in [0.25, 0.3) is 6.08 Å². The van der Waals surface area contributed by atoms with Crippen LogP contribution in [0.3, 0.4) is 0 Å². The molecule has 0 fully saturated rings. The van der Waals surface area contributed by atoms with E-state index in [1.165, 1.54) is 23.7 Å². The molecule has 0 spiro atoms. The smallest absolute Gasteiger partial charge is 0.244 e. The average Bonchev–Trinajstić information content (AvgIpc) is 3.33. The third-order valence-electron chi connectivity index (χ3n) is 3.14. The van der Waals surface area contributed by atoms with Crippen LogP contribution >= 0.6 is 11.3 Å². The average molecular weight is 329 g/mol. The summed E-state index contributed by atoms with van der Waals surface area (Å²) in [6.45, 7) is 0.400. The molecule has 3 heterocycles. The minimum Gasteiger partial charge on any atom is -0.466 e. The van der Waals surface area contributed by atoms with Crippen LogP contribution in [0.15, 0.2) is 63.8 Å². The Kier molecular flexibility index (Phi) is 4.75. The van der Waals surface area contributed by atoms with E-state index in [1.54, 1.807) is 36.6 Å². The van der Waals surface area contributed by atoms with Crippen LogP contribution in [-0.4, -0.2) is 11.0 Å². The maximum atomic E-state index is 11.7. The quantitative estimate of drug-likeness (QED) is 0.680. The molecule has 5 nitrogen and oxygen atoms in total. The number of carbonyl (C=O) groups is 1. The molecule has 2 N–H and O–H groups in total. The molecule has 118 valence electrons. The third kappa shape index (κ3) is 4.00. The molecule has 1 atom stereocenters. The van der Waals surface area contributed by atoms with Crippen molar-refractivity contribution in [3.05, 3.63) is 76.3 Å². The first-order valence-corrected chi connectivity index (χ1v) is 7.83. The fourth-order valence-corrected chi connectivity index (χ4v) is 2.95. The minimum atomic E-state index is -0.779. The van der Waals surface area contributed by atoms with Crippen molar-refractivity contribution in [3.63, 3.8) is 0 Å². The van der Waals surface area contributed by atoms with Crippen molar-refractivity contribution in [2.75, 3.05) is 0 Å². The molecule has 3 aromatic heterocycles. The molecule has 23 heavy (non-hydrogen) atoms. The molecule has 0 saturated heterocycles. The van der Waals surface area contributed by atoms with Crippen LogP contribution in [0.4, 0.5) is 0 Å². The van der Waals surface area contributed by atoms with E-state index in [4.69, 9.17) is 8.83 Å². The van der Waals surface area contributed by atoms with Crippen LogP contribution in [0.5, 0.6) is 0 Å².